The van der Waals surface area contributed by atoms with Crippen molar-refractivity contribution >= 4 is 11.8 Å². The third-order valence-corrected chi connectivity index (χ3v) is 3.37. The van der Waals surface area contributed by atoms with Crippen LogP contribution in [-0.2, 0) is 0 Å². The van der Waals surface area contributed by atoms with E-state index in [0.29, 0.717) is 17.8 Å². The average molecular weight is 251 g/mol. The van der Waals surface area contributed by atoms with E-state index in [9.17, 15) is 0 Å². The zero-order valence-electron chi connectivity index (χ0n) is 11.2. The van der Waals surface area contributed by atoms with Crippen molar-refractivity contribution in [1.29, 1.82) is 0 Å². The van der Waals surface area contributed by atoms with Crippen molar-refractivity contribution in [3.8, 4) is 5.88 Å². The number of nitrogens with zero attached hydrogens (tertiary/aromatic N) is 3. The number of hydrogen-bond donors (Lipinski definition) is 2. The average Bonchev–Trinajstić information content (AvgIpc) is 2.32. The van der Waals surface area contributed by atoms with Gasteiger partial charge in [0.1, 0.15) is 5.82 Å². The molecule has 100 valence electrons. The minimum Gasteiger partial charge on any atom is -0.481 e. The zero-order chi connectivity index (χ0) is 13.1. The van der Waals surface area contributed by atoms with Gasteiger partial charge in [0, 0.05) is 18.7 Å². The van der Waals surface area contributed by atoms with E-state index in [-0.39, 0.29) is 5.95 Å². The van der Waals surface area contributed by atoms with Crippen LogP contribution in [-0.4, -0.2) is 48.2 Å². The molecule has 0 bridgehead atoms. The number of rotatable bonds is 3. The second-order valence-corrected chi connectivity index (χ2v) is 4.93. The highest BCUT2D eigenvalue weighted by Crippen LogP contribution is 2.21. The number of aromatic nitrogens is 2. The number of nitrogens with two attached hydrogens (primary N) is 1. The summed E-state index contributed by atoms with van der Waals surface area (Å²) in [5, 5.41) is 3.43. The van der Waals surface area contributed by atoms with Gasteiger partial charge in [-0.3, -0.25) is 0 Å². The van der Waals surface area contributed by atoms with Crippen LogP contribution in [0, 0.1) is 5.92 Å². The maximum Gasteiger partial charge on any atom is 0.225 e. The number of methoxy groups -OCH3 is 1. The molecule has 1 fully saturated rings. The van der Waals surface area contributed by atoms with Crippen LogP contribution in [0.2, 0.25) is 0 Å². The van der Waals surface area contributed by atoms with Gasteiger partial charge in [0.25, 0.3) is 0 Å². The smallest absolute Gasteiger partial charge is 0.225 e. The SMILES string of the molecule is COc1cc(NC2CCN(C)CC2C)nc(N)n1. The fraction of sp³-hybridized carbons (Fsp3) is 0.667. The number of ether oxygens (including phenoxy) is 1. The lowest BCUT2D eigenvalue weighted by molar-refractivity contribution is 0.206. The molecule has 1 aliphatic rings. The molecule has 3 N–H and O–H groups in total. The molecular formula is C12H21N5O. The Morgan fingerprint density at radius 1 is 1.50 bits per heavy atom. The molecule has 2 unspecified atom stereocenters. The molecule has 1 aliphatic heterocycles. The molecule has 18 heavy (non-hydrogen) atoms. The van der Waals surface area contributed by atoms with Crippen LogP contribution in [0.1, 0.15) is 13.3 Å². The van der Waals surface area contributed by atoms with E-state index in [1.54, 1.807) is 13.2 Å². The minimum absolute atomic E-state index is 0.234. The summed E-state index contributed by atoms with van der Waals surface area (Å²) in [6.45, 7) is 4.43. The molecule has 6 nitrogen and oxygen atoms in total. The van der Waals surface area contributed by atoms with Crippen LogP contribution in [0.4, 0.5) is 11.8 Å². The molecule has 6 heteroatoms. The molecule has 0 saturated carbocycles. The Hall–Kier alpha value is -1.56. The summed E-state index contributed by atoms with van der Waals surface area (Å²) in [5.74, 6) is 2.04. The Bertz CT molecular complexity index is 411. The molecule has 1 saturated heterocycles. The number of hydrogen-bond acceptors (Lipinski definition) is 6. The quantitative estimate of drug-likeness (QED) is 0.828. The van der Waals surface area contributed by atoms with Crippen molar-refractivity contribution in [2.75, 3.05) is 38.3 Å². The van der Waals surface area contributed by atoms with E-state index in [0.717, 1.165) is 25.3 Å². The lowest BCUT2D eigenvalue weighted by Gasteiger charge is -2.35. The molecule has 1 aromatic heterocycles. The van der Waals surface area contributed by atoms with Gasteiger partial charge >= 0.3 is 0 Å². The molecule has 0 aliphatic carbocycles. The van der Waals surface area contributed by atoms with E-state index in [2.05, 4.69) is 34.2 Å². The van der Waals surface area contributed by atoms with Crippen molar-refractivity contribution in [3.05, 3.63) is 6.07 Å². The predicted molar refractivity (Wildman–Crippen MR) is 71.7 cm³/mol. The van der Waals surface area contributed by atoms with E-state index >= 15 is 0 Å². The Kier molecular flexibility index (Phi) is 3.86. The Morgan fingerprint density at radius 2 is 2.28 bits per heavy atom. The molecular weight excluding hydrogens is 230 g/mol. The number of anilines is 2. The minimum atomic E-state index is 0.234. The fourth-order valence-electron chi connectivity index (χ4n) is 2.38. The van der Waals surface area contributed by atoms with Gasteiger partial charge in [0.15, 0.2) is 0 Å². The second kappa shape index (κ2) is 5.39. The summed E-state index contributed by atoms with van der Waals surface area (Å²) in [5.41, 5.74) is 5.65. The first kappa shape index (κ1) is 12.9. The number of nitrogens with one attached hydrogen (secondary N) is 1. The third kappa shape index (κ3) is 3.01. The van der Waals surface area contributed by atoms with E-state index in [1.807, 2.05) is 0 Å². The summed E-state index contributed by atoms with van der Waals surface area (Å²) in [6, 6.07) is 2.20. The fourth-order valence-corrected chi connectivity index (χ4v) is 2.38. The lowest BCUT2D eigenvalue weighted by atomic mass is 9.94. The molecule has 0 radical (unpaired) electrons. The maximum absolute atomic E-state index is 5.65. The summed E-state index contributed by atoms with van der Waals surface area (Å²) in [7, 11) is 3.72. The number of nitrogen functional groups attached to an aromatic ring is 1. The molecule has 2 atom stereocenters. The van der Waals surface area contributed by atoms with E-state index in [1.165, 1.54) is 0 Å². The lowest BCUT2D eigenvalue weighted by Crippen LogP contribution is -2.43. The Labute approximate surface area is 108 Å². The predicted octanol–water partition coefficient (Wildman–Crippen LogP) is 0.819. The molecule has 0 amide bonds. The van der Waals surface area contributed by atoms with Crippen molar-refractivity contribution < 1.29 is 4.74 Å². The first-order valence-corrected chi connectivity index (χ1v) is 6.22. The van der Waals surface area contributed by atoms with Crippen molar-refractivity contribution in [2.45, 2.75) is 19.4 Å². The first-order valence-electron chi connectivity index (χ1n) is 6.22. The van der Waals surface area contributed by atoms with Crippen molar-refractivity contribution in [3.63, 3.8) is 0 Å². The Balaban J connectivity index is 2.06. The van der Waals surface area contributed by atoms with Crippen LogP contribution in [0.15, 0.2) is 6.07 Å². The van der Waals surface area contributed by atoms with Crippen molar-refractivity contribution in [1.82, 2.24) is 14.9 Å². The molecule has 2 heterocycles. The van der Waals surface area contributed by atoms with E-state index in [4.69, 9.17) is 10.5 Å². The van der Waals surface area contributed by atoms with Gasteiger partial charge in [0.2, 0.25) is 11.8 Å². The van der Waals surface area contributed by atoms with Gasteiger partial charge < -0.3 is 20.7 Å². The zero-order valence-corrected chi connectivity index (χ0v) is 11.2. The highest BCUT2D eigenvalue weighted by molar-refractivity contribution is 5.43. The number of piperidine rings is 1. The maximum atomic E-state index is 5.65. The highest BCUT2D eigenvalue weighted by atomic mass is 16.5. The summed E-state index contributed by atoms with van der Waals surface area (Å²) < 4.78 is 5.09. The molecule has 2 rings (SSSR count). The van der Waals surface area contributed by atoms with Gasteiger partial charge in [0.05, 0.1) is 7.11 Å². The normalized spacial score (nSPS) is 24.8. The number of likely N-dealkylation sites (tertiary alicyclic amines) is 1. The molecule has 0 spiro atoms. The summed E-state index contributed by atoms with van der Waals surface area (Å²) >= 11 is 0. The van der Waals surface area contributed by atoms with Crippen LogP contribution in [0.25, 0.3) is 0 Å². The first-order chi connectivity index (χ1) is 8.58. The summed E-state index contributed by atoms with van der Waals surface area (Å²) in [6.07, 6.45) is 1.10. The van der Waals surface area contributed by atoms with Crippen LogP contribution in [0.5, 0.6) is 5.88 Å². The second-order valence-electron chi connectivity index (χ2n) is 4.93. The van der Waals surface area contributed by atoms with E-state index < -0.39 is 0 Å². The topological polar surface area (TPSA) is 76.3 Å². The molecule has 1 aromatic rings. The van der Waals surface area contributed by atoms with Crippen LogP contribution >= 0.6 is 0 Å². The van der Waals surface area contributed by atoms with Gasteiger partial charge in [-0.1, -0.05) is 6.92 Å². The largest absolute Gasteiger partial charge is 0.481 e. The van der Waals surface area contributed by atoms with Crippen LogP contribution < -0.4 is 15.8 Å². The van der Waals surface area contributed by atoms with Crippen molar-refractivity contribution in [2.24, 2.45) is 5.92 Å². The molecule has 0 aromatic carbocycles. The van der Waals surface area contributed by atoms with Crippen LogP contribution in [0.3, 0.4) is 0 Å². The van der Waals surface area contributed by atoms with Gasteiger partial charge in [-0.2, -0.15) is 9.97 Å². The monoisotopic (exact) mass is 251 g/mol. The van der Waals surface area contributed by atoms with Gasteiger partial charge in [-0.05, 0) is 25.9 Å². The third-order valence-electron chi connectivity index (χ3n) is 3.37. The Morgan fingerprint density at radius 3 is 2.94 bits per heavy atom. The van der Waals surface area contributed by atoms with Gasteiger partial charge in [-0.25, -0.2) is 0 Å². The highest BCUT2D eigenvalue weighted by Gasteiger charge is 2.24. The summed E-state index contributed by atoms with van der Waals surface area (Å²) in [4.78, 5) is 10.5. The standard InChI is InChI=1S/C12H21N5O/c1-8-7-17(2)5-4-9(8)14-10-6-11(18-3)16-12(13)15-10/h6,8-9H,4-5,7H2,1-3H3,(H3,13,14,15,16). The van der Waals surface area contributed by atoms with Gasteiger partial charge in [-0.15, -0.1) is 0 Å².